The average molecular weight is 771 g/mol. The molecule has 252 valence electrons. The molecule has 2 aliphatic heterocycles. The molecule has 2 fully saturated rings. The summed E-state index contributed by atoms with van der Waals surface area (Å²) >= 11 is 6.53. The molecule has 2 saturated heterocycles. The Balaban J connectivity index is 0.000000210. The SMILES string of the molecule is CC(C)(C)OC(=O)N1CCCC1CNc1nc(Br)cnc1N.CC(C)(C)OC(=O)N1CCCC1Cn1c(=O)[nH]c2ncc(Br)nc21. The van der Waals surface area contributed by atoms with E-state index < -0.39 is 11.2 Å². The van der Waals surface area contributed by atoms with E-state index >= 15 is 0 Å². The van der Waals surface area contributed by atoms with E-state index in [0.717, 1.165) is 25.7 Å². The van der Waals surface area contributed by atoms with Gasteiger partial charge in [-0.05, 0) is 99.1 Å². The highest BCUT2D eigenvalue weighted by atomic mass is 79.9. The number of nitrogens with zero attached hydrogens (tertiary/aromatic N) is 7. The van der Waals surface area contributed by atoms with Crippen LogP contribution in [0.4, 0.5) is 21.2 Å². The number of fused-ring (bicyclic) bond motifs is 1. The molecule has 0 radical (unpaired) electrons. The second-order valence-electron chi connectivity index (χ2n) is 13.2. The number of anilines is 2. The van der Waals surface area contributed by atoms with Crippen LogP contribution < -0.4 is 16.7 Å². The van der Waals surface area contributed by atoms with Gasteiger partial charge in [0, 0.05) is 26.2 Å². The first-order chi connectivity index (χ1) is 21.5. The number of amides is 2. The molecule has 2 unspecified atom stereocenters. The predicted octanol–water partition coefficient (Wildman–Crippen LogP) is 4.91. The number of hydrogen-bond acceptors (Lipinski definition) is 11. The van der Waals surface area contributed by atoms with Gasteiger partial charge >= 0.3 is 17.9 Å². The number of halogens is 2. The molecule has 0 saturated carbocycles. The summed E-state index contributed by atoms with van der Waals surface area (Å²) in [6.45, 7) is 13.4. The molecule has 2 amide bonds. The summed E-state index contributed by atoms with van der Waals surface area (Å²) in [5.41, 5.74) is 5.39. The minimum Gasteiger partial charge on any atom is -0.444 e. The number of imidazole rings is 1. The van der Waals surface area contributed by atoms with Gasteiger partial charge in [0.2, 0.25) is 0 Å². The Kier molecular flexibility index (Phi) is 11.2. The van der Waals surface area contributed by atoms with Crippen LogP contribution in [0, 0.1) is 0 Å². The number of aromatic amines is 1. The molecule has 15 nitrogen and oxygen atoms in total. The van der Waals surface area contributed by atoms with Crippen molar-refractivity contribution in [2.45, 2.75) is 97.1 Å². The Bertz CT molecular complexity index is 1600. The van der Waals surface area contributed by atoms with Gasteiger partial charge in [-0.25, -0.2) is 34.3 Å². The molecule has 0 aromatic carbocycles. The van der Waals surface area contributed by atoms with Gasteiger partial charge in [-0.1, -0.05) is 0 Å². The van der Waals surface area contributed by atoms with Gasteiger partial charge in [0.05, 0.1) is 24.5 Å². The van der Waals surface area contributed by atoms with Crippen molar-refractivity contribution in [3.05, 3.63) is 32.1 Å². The molecule has 3 aromatic heterocycles. The van der Waals surface area contributed by atoms with Gasteiger partial charge in [-0.2, -0.15) is 0 Å². The highest BCUT2D eigenvalue weighted by Gasteiger charge is 2.34. The number of nitrogens with two attached hydrogens (primary N) is 1. The zero-order valence-electron chi connectivity index (χ0n) is 27.0. The van der Waals surface area contributed by atoms with Crippen molar-refractivity contribution < 1.29 is 19.1 Å². The first-order valence-electron chi connectivity index (χ1n) is 15.1. The third-order valence-electron chi connectivity index (χ3n) is 7.13. The molecule has 2 atom stereocenters. The third-order valence-corrected chi connectivity index (χ3v) is 7.90. The van der Waals surface area contributed by atoms with Crippen LogP contribution in [0.2, 0.25) is 0 Å². The number of nitrogens with one attached hydrogen (secondary N) is 2. The van der Waals surface area contributed by atoms with Crippen LogP contribution in [0.5, 0.6) is 0 Å². The Hall–Kier alpha value is -3.47. The number of hydrogen-bond donors (Lipinski definition) is 3. The highest BCUT2D eigenvalue weighted by Crippen LogP contribution is 2.24. The van der Waals surface area contributed by atoms with Crippen LogP contribution >= 0.6 is 31.9 Å². The van der Waals surface area contributed by atoms with Crippen molar-refractivity contribution in [1.29, 1.82) is 0 Å². The van der Waals surface area contributed by atoms with Crippen molar-refractivity contribution in [3.63, 3.8) is 0 Å². The molecule has 3 aromatic rings. The fourth-order valence-corrected chi connectivity index (χ4v) is 5.75. The number of carbonyl (C=O) groups is 2. The fourth-order valence-electron chi connectivity index (χ4n) is 5.20. The van der Waals surface area contributed by atoms with E-state index in [1.165, 1.54) is 10.8 Å². The molecule has 0 bridgehead atoms. The largest absolute Gasteiger partial charge is 0.444 e. The molecule has 46 heavy (non-hydrogen) atoms. The summed E-state index contributed by atoms with van der Waals surface area (Å²) in [5.74, 6) is 0.857. The lowest BCUT2D eigenvalue weighted by atomic mass is 10.2. The zero-order valence-corrected chi connectivity index (χ0v) is 30.1. The number of H-pyrrole nitrogens is 1. The van der Waals surface area contributed by atoms with Crippen molar-refractivity contribution in [2.24, 2.45) is 0 Å². The smallest absolute Gasteiger partial charge is 0.410 e. The third kappa shape index (κ3) is 9.53. The van der Waals surface area contributed by atoms with Crippen LogP contribution in [0.1, 0.15) is 67.2 Å². The quantitative estimate of drug-likeness (QED) is 0.320. The lowest BCUT2D eigenvalue weighted by Crippen LogP contribution is -2.42. The van der Waals surface area contributed by atoms with E-state index in [2.05, 4.69) is 62.1 Å². The summed E-state index contributed by atoms with van der Waals surface area (Å²) in [7, 11) is 0. The van der Waals surface area contributed by atoms with Gasteiger partial charge in [0.25, 0.3) is 0 Å². The Morgan fingerprint density at radius 1 is 0.935 bits per heavy atom. The van der Waals surface area contributed by atoms with Crippen LogP contribution in [0.25, 0.3) is 11.3 Å². The molecule has 5 heterocycles. The second kappa shape index (κ2) is 14.5. The van der Waals surface area contributed by atoms with Gasteiger partial charge in [0.1, 0.15) is 20.4 Å². The van der Waals surface area contributed by atoms with E-state index in [4.69, 9.17) is 15.2 Å². The van der Waals surface area contributed by atoms with Crippen LogP contribution in [-0.2, 0) is 16.0 Å². The van der Waals surface area contributed by atoms with Crippen molar-refractivity contribution in [3.8, 4) is 0 Å². The van der Waals surface area contributed by atoms with Crippen molar-refractivity contribution in [1.82, 2.24) is 39.3 Å². The average Bonchev–Trinajstić information content (AvgIpc) is 3.67. The van der Waals surface area contributed by atoms with Crippen molar-refractivity contribution in [2.75, 3.05) is 30.7 Å². The molecule has 0 aliphatic carbocycles. The number of aromatic nitrogens is 6. The minimum absolute atomic E-state index is 0.0648. The van der Waals surface area contributed by atoms with E-state index in [1.54, 1.807) is 16.0 Å². The predicted molar refractivity (Wildman–Crippen MR) is 180 cm³/mol. The van der Waals surface area contributed by atoms with E-state index in [-0.39, 0.29) is 30.0 Å². The van der Waals surface area contributed by atoms with E-state index in [9.17, 15) is 14.4 Å². The molecule has 2 aliphatic rings. The highest BCUT2D eigenvalue weighted by molar-refractivity contribution is 9.10. The van der Waals surface area contributed by atoms with Crippen LogP contribution in [0.3, 0.4) is 0 Å². The number of rotatable bonds is 5. The zero-order chi connectivity index (χ0) is 33.8. The maximum absolute atomic E-state index is 12.4. The summed E-state index contributed by atoms with van der Waals surface area (Å²) in [4.78, 5) is 59.7. The Labute approximate surface area is 284 Å². The van der Waals surface area contributed by atoms with Gasteiger partial charge in [0.15, 0.2) is 22.9 Å². The van der Waals surface area contributed by atoms with Crippen LogP contribution in [0.15, 0.2) is 26.4 Å². The summed E-state index contributed by atoms with van der Waals surface area (Å²) < 4.78 is 13.6. The lowest BCUT2D eigenvalue weighted by Gasteiger charge is -2.28. The number of nitrogen functional groups attached to an aromatic ring is 1. The van der Waals surface area contributed by atoms with E-state index in [1.807, 2.05) is 41.5 Å². The van der Waals surface area contributed by atoms with Gasteiger partial charge < -0.3 is 30.3 Å². The number of likely N-dealkylation sites (tertiary alicyclic amines) is 2. The molecule has 5 rings (SSSR count). The van der Waals surface area contributed by atoms with Gasteiger partial charge in [-0.15, -0.1) is 0 Å². The molecule has 17 heteroatoms. The monoisotopic (exact) mass is 768 g/mol. The maximum atomic E-state index is 12.4. The normalized spacial score (nSPS) is 18.3. The second-order valence-corrected chi connectivity index (χ2v) is 14.8. The molecular weight excluding hydrogens is 728 g/mol. The molecule has 4 N–H and O–H groups in total. The number of carbonyl (C=O) groups excluding carboxylic acids is 2. The minimum atomic E-state index is -0.543. The first kappa shape index (κ1) is 35.4. The van der Waals surface area contributed by atoms with Gasteiger partial charge in [-0.3, -0.25) is 9.55 Å². The maximum Gasteiger partial charge on any atom is 0.410 e. The Morgan fingerprint density at radius 2 is 1.48 bits per heavy atom. The van der Waals surface area contributed by atoms with Crippen LogP contribution in [-0.4, -0.2) is 94.4 Å². The summed E-state index contributed by atoms with van der Waals surface area (Å²) in [5, 5.41) is 3.17. The van der Waals surface area contributed by atoms with Crippen molar-refractivity contribution >= 4 is 67.0 Å². The Morgan fingerprint density at radius 3 is 2.09 bits per heavy atom. The topological polar surface area (TPSA) is 186 Å². The first-order valence-corrected chi connectivity index (χ1v) is 16.7. The lowest BCUT2D eigenvalue weighted by molar-refractivity contribution is 0.0209. The summed E-state index contributed by atoms with van der Waals surface area (Å²) in [6.07, 6.45) is 6.05. The molecular formula is C29H42Br2N10O5. The number of ether oxygens (including phenoxy) is 2. The summed E-state index contributed by atoms with van der Waals surface area (Å²) in [6, 6.07) is -0.0348. The fraction of sp³-hybridized carbons (Fsp3) is 0.621. The standard InChI is InChI=1S/C15H20BrN5O3.C14H22BrN5O2/c1-15(2,3)24-14(23)20-6-4-5-9(20)8-21-12-11(19-13(21)22)17-7-10(16)18-12;1-14(2,3)22-13(21)20-6-4-5-9(20)7-18-12-11(16)17-8-10(15)19-12/h7,9H,4-6,8H2,1-3H3,(H,17,19,22);8-9H,4-7H2,1-3H3,(H2,16,17)(H,18,19). The van der Waals surface area contributed by atoms with E-state index in [0.29, 0.717) is 58.3 Å². The molecule has 0 spiro atoms.